The number of nitrogens with zero attached hydrogens (tertiary/aromatic N) is 1. The van der Waals surface area contributed by atoms with Crippen molar-refractivity contribution in [3.05, 3.63) is 41.1 Å². The van der Waals surface area contributed by atoms with Gasteiger partial charge in [0.1, 0.15) is 5.69 Å². The van der Waals surface area contributed by atoms with Crippen molar-refractivity contribution in [3.8, 4) is 11.3 Å². The maximum absolute atomic E-state index is 4.32. The molecule has 3 aromatic rings. The zero-order chi connectivity index (χ0) is 9.38. The number of hydrogen-bond donors (Lipinski definition) is 1. The second kappa shape index (κ2) is 2.96. The Morgan fingerprint density at radius 3 is 2.93 bits per heavy atom. The molecule has 1 N–H and O–H groups in total. The van der Waals surface area contributed by atoms with Crippen molar-refractivity contribution in [2.75, 3.05) is 0 Å². The molecule has 3 heteroatoms. The van der Waals surface area contributed by atoms with Crippen LogP contribution < -0.4 is 0 Å². The van der Waals surface area contributed by atoms with Crippen molar-refractivity contribution >= 4 is 22.2 Å². The van der Waals surface area contributed by atoms with Crippen LogP contribution in [-0.2, 0) is 0 Å². The van der Waals surface area contributed by atoms with Gasteiger partial charge < -0.3 is 0 Å². The number of aromatic amines is 1. The van der Waals surface area contributed by atoms with E-state index in [0.717, 1.165) is 11.2 Å². The van der Waals surface area contributed by atoms with Gasteiger partial charge in [-0.05, 0) is 17.5 Å². The maximum Gasteiger partial charge on any atom is 0.101 e. The van der Waals surface area contributed by atoms with E-state index in [1.54, 1.807) is 11.3 Å². The third kappa shape index (κ3) is 1.06. The average molecular weight is 200 g/mol. The lowest BCUT2D eigenvalue weighted by atomic mass is 10.1. The molecule has 1 aromatic carbocycles. The van der Waals surface area contributed by atoms with Crippen LogP contribution >= 0.6 is 11.3 Å². The molecule has 0 amide bonds. The highest BCUT2D eigenvalue weighted by molar-refractivity contribution is 7.08. The van der Waals surface area contributed by atoms with E-state index in [9.17, 15) is 0 Å². The summed E-state index contributed by atoms with van der Waals surface area (Å²) < 4.78 is 0. The van der Waals surface area contributed by atoms with Gasteiger partial charge in [0.2, 0.25) is 0 Å². The largest absolute Gasteiger partial charge is 0.277 e. The molecule has 68 valence electrons. The van der Waals surface area contributed by atoms with E-state index in [4.69, 9.17) is 0 Å². The minimum absolute atomic E-state index is 1.04. The molecule has 0 aliphatic heterocycles. The van der Waals surface area contributed by atoms with Crippen LogP contribution in [0.15, 0.2) is 41.1 Å². The first-order chi connectivity index (χ1) is 6.95. The summed E-state index contributed by atoms with van der Waals surface area (Å²) in [6.45, 7) is 0. The molecule has 0 saturated carbocycles. The van der Waals surface area contributed by atoms with E-state index in [2.05, 4.69) is 33.1 Å². The standard InChI is InChI=1S/C11H8N2S/c1-2-4-10-9(3-1)11(13-12-10)8-5-6-14-7-8/h1-7H,(H,12,13). The Morgan fingerprint density at radius 1 is 1.14 bits per heavy atom. The zero-order valence-electron chi connectivity index (χ0n) is 7.40. The molecule has 0 atom stereocenters. The molecule has 0 aliphatic rings. The van der Waals surface area contributed by atoms with Crippen molar-refractivity contribution in [1.29, 1.82) is 0 Å². The van der Waals surface area contributed by atoms with Crippen molar-refractivity contribution in [2.45, 2.75) is 0 Å². The molecule has 0 unspecified atom stereocenters. The highest BCUT2D eigenvalue weighted by Gasteiger charge is 2.06. The molecular weight excluding hydrogens is 192 g/mol. The van der Waals surface area contributed by atoms with Crippen molar-refractivity contribution in [3.63, 3.8) is 0 Å². The van der Waals surface area contributed by atoms with Crippen LogP contribution in [0.4, 0.5) is 0 Å². The normalized spacial score (nSPS) is 10.9. The Bertz CT molecular complexity index is 551. The smallest absolute Gasteiger partial charge is 0.101 e. The number of para-hydroxylation sites is 1. The summed E-state index contributed by atoms with van der Waals surface area (Å²) in [5.74, 6) is 0. The highest BCUT2D eigenvalue weighted by Crippen LogP contribution is 2.27. The SMILES string of the molecule is c1ccc2c(-c3ccsc3)n[nH]c2c1. The first-order valence-electron chi connectivity index (χ1n) is 4.41. The Labute approximate surface area is 85.2 Å². The van der Waals surface area contributed by atoms with Crippen LogP contribution in [-0.4, -0.2) is 10.2 Å². The van der Waals surface area contributed by atoms with E-state index in [1.807, 2.05) is 18.2 Å². The minimum Gasteiger partial charge on any atom is -0.277 e. The molecule has 0 bridgehead atoms. The summed E-state index contributed by atoms with van der Waals surface area (Å²) in [4.78, 5) is 0. The van der Waals surface area contributed by atoms with Gasteiger partial charge in [0.05, 0.1) is 5.52 Å². The van der Waals surface area contributed by atoms with Crippen LogP contribution in [0.3, 0.4) is 0 Å². The number of aromatic nitrogens is 2. The molecular formula is C11H8N2S. The van der Waals surface area contributed by atoms with Gasteiger partial charge in [-0.2, -0.15) is 16.4 Å². The molecule has 2 heterocycles. The lowest BCUT2D eigenvalue weighted by Crippen LogP contribution is -1.72. The number of hydrogen-bond acceptors (Lipinski definition) is 2. The molecule has 3 rings (SSSR count). The summed E-state index contributed by atoms with van der Waals surface area (Å²) >= 11 is 1.69. The summed E-state index contributed by atoms with van der Waals surface area (Å²) in [7, 11) is 0. The Balaban J connectivity index is 2.33. The highest BCUT2D eigenvalue weighted by atomic mass is 32.1. The lowest BCUT2D eigenvalue weighted by molar-refractivity contribution is 1.12. The second-order valence-corrected chi connectivity index (χ2v) is 3.91. The van der Waals surface area contributed by atoms with Crippen molar-refractivity contribution < 1.29 is 0 Å². The molecule has 2 nitrogen and oxygen atoms in total. The molecule has 0 fully saturated rings. The predicted octanol–water partition coefficient (Wildman–Crippen LogP) is 3.29. The van der Waals surface area contributed by atoms with E-state index >= 15 is 0 Å². The van der Waals surface area contributed by atoms with E-state index in [-0.39, 0.29) is 0 Å². The monoisotopic (exact) mass is 200 g/mol. The van der Waals surface area contributed by atoms with Gasteiger partial charge >= 0.3 is 0 Å². The summed E-state index contributed by atoms with van der Waals surface area (Å²) in [6.07, 6.45) is 0. The Hall–Kier alpha value is -1.61. The van der Waals surface area contributed by atoms with Gasteiger partial charge in [-0.25, -0.2) is 0 Å². The van der Waals surface area contributed by atoms with Crippen molar-refractivity contribution in [1.82, 2.24) is 10.2 Å². The molecule has 0 saturated heterocycles. The topological polar surface area (TPSA) is 28.7 Å². The summed E-state index contributed by atoms with van der Waals surface area (Å²) in [5, 5.41) is 12.7. The summed E-state index contributed by atoms with van der Waals surface area (Å²) in [5.41, 5.74) is 3.32. The average Bonchev–Trinajstić information content (AvgIpc) is 2.85. The maximum atomic E-state index is 4.32. The fraction of sp³-hybridized carbons (Fsp3) is 0. The van der Waals surface area contributed by atoms with Crippen molar-refractivity contribution in [2.24, 2.45) is 0 Å². The van der Waals surface area contributed by atoms with E-state index < -0.39 is 0 Å². The Kier molecular flexibility index (Phi) is 1.64. The molecule has 0 aliphatic carbocycles. The number of benzene rings is 1. The first kappa shape index (κ1) is 7.76. The number of rotatable bonds is 1. The Morgan fingerprint density at radius 2 is 2.07 bits per heavy atom. The van der Waals surface area contributed by atoms with Crippen LogP contribution in [0.1, 0.15) is 0 Å². The fourth-order valence-electron chi connectivity index (χ4n) is 1.58. The molecule has 14 heavy (non-hydrogen) atoms. The fourth-order valence-corrected chi connectivity index (χ4v) is 2.22. The third-order valence-corrected chi connectivity index (χ3v) is 2.95. The number of thiophene rings is 1. The molecule has 0 radical (unpaired) electrons. The molecule has 0 spiro atoms. The third-order valence-electron chi connectivity index (χ3n) is 2.26. The van der Waals surface area contributed by atoms with Gasteiger partial charge in [0.15, 0.2) is 0 Å². The lowest BCUT2D eigenvalue weighted by Gasteiger charge is -1.91. The van der Waals surface area contributed by atoms with E-state index in [0.29, 0.717) is 0 Å². The van der Waals surface area contributed by atoms with Crippen LogP contribution in [0.2, 0.25) is 0 Å². The number of fused-ring (bicyclic) bond motifs is 1. The van der Waals surface area contributed by atoms with Gasteiger partial charge in [0.25, 0.3) is 0 Å². The minimum atomic E-state index is 1.04. The van der Waals surface area contributed by atoms with Gasteiger partial charge in [-0.1, -0.05) is 18.2 Å². The number of nitrogens with one attached hydrogen (secondary N) is 1. The second-order valence-electron chi connectivity index (χ2n) is 3.13. The van der Waals surface area contributed by atoms with Crippen LogP contribution in [0, 0.1) is 0 Å². The molecule has 2 aromatic heterocycles. The van der Waals surface area contributed by atoms with Crippen LogP contribution in [0.5, 0.6) is 0 Å². The van der Waals surface area contributed by atoms with Crippen LogP contribution in [0.25, 0.3) is 22.2 Å². The zero-order valence-corrected chi connectivity index (χ0v) is 8.21. The quantitative estimate of drug-likeness (QED) is 0.641. The first-order valence-corrected chi connectivity index (χ1v) is 5.35. The predicted molar refractivity (Wildman–Crippen MR) is 59.4 cm³/mol. The van der Waals surface area contributed by atoms with E-state index in [1.165, 1.54) is 10.9 Å². The number of H-pyrrole nitrogens is 1. The summed E-state index contributed by atoms with van der Waals surface area (Å²) in [6, 6.07) is 10.3. The van der Waals surface area contributed by atoms with Gasteiger partial charge in [0, 0.05) is 16.3 Å². The van der Waals surface area contributed by atoms with Gasteiger partial charge in [-0.15, -0.1) is 0 Å². The van der Waals surface area contributed by atoms with Gasteiger partial charge in [-0.3, -0.25) is 5.10 Å².